The summed E-state index contributed by atoms with van der Waals surface area (Å²) in [7, 11) is 1.57. The number of hydrogen-bond acceptors (Lipinski definition) is 0. The van der Waals surface area contributed by atoms with Crippen molar-refractivity contribution in [2.75, 3.05) is 7.05 Å². The van der Waals surface area contributed by atoms with Crippen molar-refractivity contribution in [1.29, 1.82) is 0 Å². The lowest BCUT2D eigenvalue weighted by atomic mass is 11.5. The molecule has 0 radical (unpaired) electrons. The van der Waals surface area contributed by atoms with E-state index in [1.807, 2.05) is 0 Å². The molecule has 0 aliphatic carbocycles. The Kier molecular flexibility index (Phi) is 2.04. The average molecular weight is 59.1 g/mol. The molecule has 0 rings (SSSR count). The molecule has 0 aromatic carbocycles. The molecule has 3 heteroatoms. The summed E-state index contributed by atoms with van der Waals surface area (Å²) >= 11 is 0. The van der Waals surface area contributed by atoms with Crippen molar-refractivity contribution >= 4 is 0 Å². The zero-order valence-electron chi connectivity index (χ0n) is 2.45. The fourth-order valence-electron chi connectivity index (χ4n) is 0. The van der Waals surface area contributed by atoms with Crippen molar-refractivity contribution in [1.82, 2.24) is 5.43 Å². The lowest BCUT2D eigenvalue weighted by Crippen LogP contribution is -2.73. The second kappa shape index (κ2) is 2.40. The van der Waals surface area contributed by atoms with Gasteiger partial charge in [-0.05, 0) is 7.05 Å². The quantitative estimate of drug-likeness (QED) is 0.272. The highest BCUT2D eigenvalue weighted by molar-refractivity contribution is 3.69. The largest absolute Gasteiger partial charge is 0.297 e. The van der Waals surface area contributed by atoms with Crippen LogP contribution in [0.15, 0.2) is 0 Å². The van der Waals surface area contributed by atoms with Crippen molar-refractivity contribution in [2.45, 2.75) is 0 Å². The van der Waals surface area contributed by atoms with Gasteiger partial charge in [-0.2, -0.15) is 10.8 Å². The summed E-state index contributed by atoms with van der Waals surface area (Å²) in [5.74, 6) is 0. The Balaban J connectivity index is 2.30. The maximum Gasteiger partial charge on any atom is -0.0121 e. The van der Waals surface area contributed by atoms with E-state index in [1.165, 1.54) is 0 Å². The molecule has 3 nitrogen and oxygen atoms in total. The van der Waals surface area contributed by atoms with Gasteiger partial charge >= 0.3 is 0 Å². The van der Waals surface area contributed by atoms with E-state index in [2.05, 4.69) is 5.43 Å². The third kappa shape index (κ3) is 1.40. The van der Waals surface area contributed by atoms with Crippen LogP contribution in [-0.4, -0.2) is 7.05 Å². The molecule has 0 aromatic rings. The third-order valence-electron chi connectivity index (χ3n) is 0.112. The monoisotopic (exact) mass is 59.0 g/mol. The Bertz CT molecular complexity index is 17.2. The molecule has 2 N–H and O–H groups in total. The maximum absolute atomic E-state index is 7.51. The second-order valence-corrected chi connectivity index (χ2v) is 0.362. The molecular weight excluding hydrogens is 54.0 g/mol. The highest BCUT2D eigenvalue weighted by Crippen LogP contribution is 0.819. The molecule has 0 aromatic heterocycles. The fraction of sp³-hybridized carbons (Fsp3) is 1.00. The van der Waals surface area contributed by atoms with Gasteiger partial charge in [0.25, 0.3) is 0 Å². The van der Waals surface area contributed by atoms with Gasteiger partial charge in [-0.15, -0.1) is 0 Å². The third-order valence-corrected chi connectivity index (χ3v) is 0.112. The number of nitrogens with zero attached hydrogens (tertiary/aromatic N) is 1. The van der Waals surface area contributed by atoms with Crippen molar-refractivity contribution in [3.8, 4) is 0 Å². The van der Waals surface area contributed by atoms with Crippen LogP contribution in [0.25, 0.3) is 5.53 Å². The molecule has 0 bridgehead atoms. The van der Waals surface area contributed by atoms with Crippen LogP contribution in [0, 0.1) is 0 Å². The van der Waals surface area contributed by atoms with Gasteiger partial charge in [0.2, 0.25) is 0 Å². The first-order valence-corrected chi connectivity index (χ1v) is 0.974. The van der Waals surface area contributed by atoms with Crippen LogP contribution >= 0.6 is 0 Å². The van der Waals surface area contributed by atoms with Crippen molar-refractivity contribution in [3.05, 3.63) is 5.53 Å². The Hall–Kier alpha value is -0.600. The molecule has 0 spiro atoms. The molecule has 0 aliphatic heterocycles. The van der Waals surface area contributed by atoms with E-state index in [0.717, 1.165) is 0 Å². The Morgan fingerprint density at radius 3 is 2.25 bits per heavy atom. The minimum absolute atomic E-state index is 1.57. The summed E-state index contributed by atoms with van der Waals surface area (Å²) in [4.78, 5) is 0. The molecular formula is CH5N3. The highest BCUT2D eigenvalue weighted by Gasteiger charge is 1.32. The molecule has 0 fully saturated rings. The molecule has 0 amide bonds. The Labute approximate surface area is 24.5 Å². The summed E-state index contributed by atoms with van der Waals surface area (Å²) in [6.07, 6.45) is 0. The van der Waals surface area contributed by atoms with Gasteiger partial charge in [0.1, 0.15) is 0 Å². The Morgan fingerprint density at radius 2 is 2.25 bits per heavy atom. The standard InChI is InChI=1S/CH5N3/c1-3-4-2/h4H,1H3,(H-,2,3). The first kappa shape index (κ1) is 3.40. The lowest BCUT2D eigenvalue weighted by Gasteiger charge is -1.71. The van der Waals surface area contributed by atoms with Gasteiger partial charge in [-0.25, -0.2) is 0 Å². The molecule has 0 saturated carbocycles. The molecule has 0 heterocycles. The van der Waals surface area contributed by atoms with Crippen LogP contribution in [0.3, 0.4) is 0 Å². The topological polar surface area (TPSA) is 48.3 Å². The predicted octanol–water partition coefficient (Wildman–Crippen LogP) is -1.78. The average Bonchev–Trinajstić information content (AvgIpc) is 1.37. The zero-order chi connectivity index (χ0) is 3.41. The van der Waals surface area contributed by atoms with Crippen LogP contribution in [-0.2, 0) is 0 Å². The smallest absolute Gasteiger partial charge is 0.0121 e. The number of rotatable bonds is 1. The first-order chi connectivity index (χ1) is 1.91. The van der Waals surface area contributed by atoms with E-state index >= 15 is 0 Å². The number of hydrazine groups is 1. The SMILES string of the molecule is CN[NH+]=[N-]. The molecule has 0 saturated heterocycles. The van der Waals surface area contributed by atoms with Gasteiger partial charge in [0.15, 0.2) is 0 Å². The molecule has 24 valence electrons. The van der Waals surface area contributed by atoms with E-state index < -0.39 is 0 Å². The van der Waals surface area contributed by atoms with Crippen LogP contribution < -0.4 is 10.6 Å². The molecule has 0 aliphatic rings. The molecule has 0 unspecified atom stereocenters. The molecule has 4 heavy (non-hydrogen) atoms. The van der Waals surface area contributed by atoms with E-state index in [-0.39, 0.29) is 0 Å². The predicted molar refractivity (Wildman–Crippen MR) is 13.4 cm³/mol. The van der Waals surface area contributed by atoms with Crippen LogP contribution in [0.2, 0.25) is 0 Å². The van der Waals surface area contributed by atoms with E-state index in [0.29, 0.717) is 0 Å². The molecule has 0 atom stereocenters. The maximum atomic E-state index is 7.51. The lowest BCUT2D eigenvalue weighted by molar-refractivity contribution is -0.542. The number of nitrogens with one attached hydrogen (secondary N) is 2. The van der Waals surface area contributed by atoms with E-state index in [9.17, 15) is 0 Å². The number of hydrogen-bond donors (Lipinski definition) is 2. The summed E-state index contributed by atoms with van der Waals surface area (Å²) in [5, 5.41) is 1.68. The zero-order valence-corrected chi connectivity index (χ0v) is 2.45. The highest BCUT2D eigenvalue weighted by atomic mass is 15.3. The van der Waals surface area contributed by atoms with Gasteiger partial charge in [-0.3, -0.25) is 5.43 Å². The van der Waals surface area contributed by atoms with Gasteiger partial charge in [-0.1, -0.05) is 0 Å². The van der Waals surface area contributed by atoms with Crippen LogP contribution in [0.1, 0.15) is 0 Å². The van der Waals surface area contributed by atoms with Crippen LogP contribution in [0.5, 0.6) is 0 Å². The second-order valence-electron chi connectivity index (χ2n) is 0.362. The van der Waals surface area contributed by atoms with Gasteiger partial charge < -0.3 is 0 Å². The van der Waals surface area contributed by atoms with Crippen molar-refractivity contribution < 1.29 is 5.22 Å². The normalized spacial score (nSPS) is 5.25. The summed E-state index contributed by atoms with van der Waals surface area (Å²) < 4.78 is 0. The summed E-state index contributed by atoms with van der Waals surface area (Å²) in [6, 6.07) is 0. The summed E-state index contributed by atoms with van der Waals surface area (Å²) in [6.45, 7) is 0. The summed E-state index contributed by atoms with van der Waals surface area (Å²) in [5.41, 5.74) is 9.75. The Morgan fingerprint density at radius 1 is 2.00 bits per heavy atom. The fourth-order valence-corrected chi connectivity index (χ4v) is 0. The van der Waals surface area contributed by atoms with Gasteiger partial charge in [0, 0.05) is 0 Å². The van der Waals surface area contributed by atoms with Gasteiger partial charge in [0.05, 0.1) is 0 Å². The minimum atomic E-state index is 1.57. The van der Waals surface area contributed by atoms with Crippen molar-refractivity contribution in [2.24, 2.45) is 0 Å². The first-order valence-electron chi connectivity index (χ1n) is 0.974. The van der Waals surface area contributed by atoms with Crippen LogP contribution in [0.4, 0.5) is 0 Å². The van der Waals surface area contributed by atoms with E-state index in [4.69, 9.17) is 5.53 Å². The van der Waals surface area contributed by atoms with Crippen molar-refractivity contribution in [3.63, 3.8) is 0 Å². The van der Waals surface area contributed by atoms with E-state index in [1.54, 1.807) is 12.3 Å². The minimum Gasteiger partial charge on any atom is -0.297 e.